The van der Waals surface area contributed by atoms with Crippen molar-refractivity contribution >= 4 is 18.0 Å². The number of aliphatic hydroxyl groups is 1. The highest BCUT2D eigenvalue weighted by molar-refractivity contribution is 5.88. The van der Waals surface area contributed by atoms with Crippen molar-refractivity contribution in [3.63, 3.8) is 0 Å². The molecule has 0 aliphatic heterocycles. The number of nitrogens with one attached hydrogen (secondary N) is 2. The standard InChI is InChI=1S/C26H28N2O6/c1-26(15-29,24(31)32)28-23(30)16-7-6-8-17(13-16)27-25(33)34-14-22-20-11-4-2-9-18(20)19-10-3-5-12-21(19)22/h2-6,8-12,16-17,22,29H,7,13-15H2,1H3,(H,27,33)(H,28,30)(H,31,32)/t16-,17-,26?/m1/s1. The minimum absolute atomic E-state index is 0.0502. The lowest BCUT2D eigenvalue weighted by atomic mass is 9.89. The number of benzene rings is 2. The number of fused-ring (bicyclic) bond motifs is 3. The zero-order valence-corrected chi connectivity index (χ0v) is 18.9. The van der Waals surface area contributed by atoms with Gasteiger partial charge in [-0.2, -0.15) is 0 Å². The van der Waals surface area contributed by atoms with Crippen LogP contribution in [0, 0.1) is 5.92 Å². The van der Waals surface area contributed by atoms with Crippen LogP contribution in [0.15, 0.2) is 60.7 Å². The third-order valence-electron chi connectivity index (χ3n) is 6.53. The Morgan fingerprint density at radius 3 is 2.26 bits per heavy atom. The second-order valence-electron chi connectivity index (χ2n) is 8.96. The van der Waals surface area contributed by atoms with Gasteiger partial charge in [0.1, 0.15) is 6.61 Å². The minimum atomic E-state index is -1.76. The second-order valence-corrected chi connectivity index (χ2v) is 8.96. The molecule has 8 nitrogen and oxygen atoms in total. The minimum Gasteiger partial charge on any atom is -0.479 e. The molecule has 8 heteroatoms. The van der Waals surface area contributed by atoms with E-state index in [0.29, 0.717) is 12.8 Å². The van der Waals surface area contributed by atoms with E-state index in [9.17, 15) is 24.6 Å². The van der Waals surface area contributed by atoms with Gasteiger partial charge in [0.05, 0.1) is 12.6 Å². The van der Waals surface area contributed by atoms with Crippen LogP contribution in [0.1, 0.15) is 36.8 Å². The molecule has 4 rings (SSSR count). The highest BCUT2D eigenvalue weighted by Gasteiger charge is 2.37. The molecule has 2 amide bonds. The molecule has 0 spiro atoms. The molecule has 1 unspecified atom stereocenters. The van der Waals surface area contributed by atoms with Gasteiger partial charge < -0.3 is 25.6 Å². The van der Waals surface area contributed by atoms with E-state index in [1.54, 1.807) is 12.2 Å². The van der Waals surface area contributed by atoms with Crippen LogP contribution in [0.3, 0.4) is 0 Å². The van der Waals surface area contributed by atoms with Crippen LogP contribution in [0.2, 0.25) is 0 Å². The van der Waals surface area contributed by atoms with Gasteiger partial charge in [-0.1, -0.05) is 60.7 Å². The first-order chi connectivity index (χ1) is 16.3. The first kappa shape index (κ1) is 23.5. The Morgan fingerprint density at radius 1 is 1.06 bits per heavy atom. The van der Waals surface area contributed by atoms with Gasteiger partial charge in [-0.05, 0) is 42.0 Å². The van der Waals surface area contributed by atoms with Crippen molar-refractivity contribution in [1.29, 1.82) is 0 Å². The molecule has 178 valence electrons. The van der Waals surface area contributed by atoms with Gasteiger partial charge in [0.2, 0.25) is 5.91 Å². The number of carboxylic acids is 1. The van der Waals surface area contributed by atoms with Gasteiger partial charge in [0, 0.05) is 11.8 Å². The van der Waals surface area contributed by atoms with E-state index < -0.39 is 42.1 Å². The highest BCUT2D eigenvalue weighted by Crippen LogP contribution is 2.44. The summed E-state index contributed by atoms with van der Waals surface area (Å²) in [6.07, 6.45) is 3.71. The maximum Gasteiger partial charge on any atom is 0.407 e. The van der Waals surface area contributed by atoms with E-state index in [1.165, 1.54) is 6.92 Å². The average molecular weight is 465 g/mol. The van der Waals surface area contributed by atoms with Gasteiger partial charge in [-0.3, -0.25) is 4.79 Å². The molecule has 2 aliphatic rings. The van der Waals surface area contributed by atoms with E-state index in [0.717, 1.165) is 22.3 Å². The molecular formula is C26H28N2O6. The van der Waals surface area contributed by atoms with E-state index in [2.05, 4.69) is 22.8 Å². The van der Waals surface area contributed by atoms with Gasteiger partial charge in [0.25, 0.3) is 0 Å². The van der Waals surface area contributed by atoms with Crippen molar-refractivity contribution in [2.45, 2.75) is 37.3 Å². The summed E-state index contributed by atoms with van der Waals surface area (Å²) in [6, 6.07) is 15.7. The van der Waals surface area contributed by atoms with Crippen molar-refractivity contribution in [3.8, 4) is 11.1 Å². The monoisotopic (exact) mass is 464 g/mol. The van der Waals surface area contributed by atoms with Gasteiger partial charge >= 0.3 is 12.1 Å². The zero-order chi connectivity index (χ0) is 24.3. The number of allylic oxidation sites excluding steroid dienone is 1. The van der Waals surface area contributed by atoms with Gasteiger partial charge in [-0.25, -0.2) is 9.59 Å². The summed E-state index contributed by atoms with van der Waals surface area (Å²) >= 11 is 0. The Hall–Kier alpha value is -3.65. The number of aliphatic hydroxyl groups excluding tert-OH is 1. The van der Waals surface area contributed by atoms with Crippen LogP contribution in [-0.2, 0) is 14.3 Å². The Labute approximate surface area is 197 Å². The molecule has 0 heterocycles. The van der Waals surface area contributed by atoms with Crippen molar-refractivity contribution in [3.05, 3.63) is 71.8 Å². The van der Waals surface area contributed by atoms with Crippen molar-refractivity contribution in [2.75, 3.05) is 13.2 Å². The van der Waals surface area contributed by atoms with Crippen LogP contribution in [0.5, 0.6) is 0 Å². The topological polar surface area (TPSA) is 125 Å². The van der Waals surface area contributed by atoms with E-state index in [1.807, 2.05) is 36.4 Å². The Balaban J connectivity index is 1.34. The average Bonchev–Trinajstić information content (AvgIpc) is 3.16. The fraction of sp³-hybridized carbons (Fsp3) is 0.346. The van der Waals surface area contributed by atoms with Gasteiger partial charge in [-0.15, -0.1) is 0 Å². The number of amides is 2. The summed E-state index contributed by atoms with van der Waals surface area (Å²) in [5.41, 5.74) is 2.78. The van der Waals surface area contributed by atoms with E-state index >= 15 is 0 Å². The van der Waals surface area contributed by atoms with E-state index in [-0.39, 0.29) is 12.5 Å². The molecule has 3 atom stereocenters. The highest BCUT2D eigenvalue weighted by atomic mass is 16.5. The lowest BCUT2D eigenvalue weighted by Crippen LogP contribution is -2.56. The number of carbonyl (C=O) groups excluding carboxylic acids is 2. The van der Waals surface area contributed by atoms with Crippen LogP contribution in [-0.4, -0.2) is 53.0 Å². The fourth-order valence-electron chi connectivity index (χ4n) is 4.54. The normalized spacial score (nSPS) is 20.5. The number of alkyl carbamates (subject to hydrolysis) is 1. The van der Waals surface area contributed by atoms with Crippen LogP contribution in [0.4, 0.5) is 4.79 Å². The van der Waals surface area contributed by atoms with Crippen molar-refractivity contribution < 1.29 is 29.3 Å². The number of aliphatic carboxylic acids is 1. The third kappa shape index (κ3) is 4.68. The molecule has 0 bridgehead atoms. The first-order valence-electron chi connectivity index (χ1n) is 11.3. The third-order valence-corrected chi connectivity index (χ3v) is 6.53. The number of hydrogen-bond acceptors (Lipinski definition) is 5. The maximum atomic E-state index is 12.6. The van der Waals surface area contributed by atoms with Crippen LogP contribution >= 0.6 is 0 Å². The summed E-state index contributed by atoms with van der Waals surface area (Å²) in [6.45, 7) is 0.712. The summed E-state index contributed by atoms with van der Waals surface area (Å²) in [5.74, 6) is -2.38. The lowest BCUT2D eigenvalue weighted by Gasteiger charge is -2.29. The Kier molecular flexibility index (Phi) is 6.70. The smallest absolute Gasteiger partial charge is 0.407 e. The molecule has 34 heavy (non-hydrogen) atoms. The lowest BCUT2D eigenvalue weighted by molar-refractivity contribution is -0.149. The SMILES string of the molecule is CC(CO)(NC(=O)[C@@H]1CC=C[C@@H](NC(=O)OCC2c3ccccc3-c3ccccc32)C1)C(=O)O. The number of ether oxygens (including phenoxy) is 1. The molecule has 0 saturated heterocycles. The molecule has 0 saturated carbocycles. The maximum absolute atomic E-state index is 12.6. The molecule has 0 aromatic heterocycles. The second kappa shape index (κ2) is 9.69. The number of hydrogen-bond donors (Lipinski definition) is 4. The predicted molar refractivity (Wildman–Crippen MR) is 125 cm³/mol. The summed E-state index contributed by atoms with van der Waals surface area (Å²) in [5, 5.41) is 23.8. The largest absolute Gasteiger partial charge is 0.479 e. The number of carboxylic acid groups (broad SMARTS) is 1. The molecule has 2 aromatic rings. The number of rotatable bonds is 7. The molecule has 2 aromatic carbocycles. The quantitative estimate of drug-likeness (QED) is 0.467. The van der Waals surface area contributed by atoms with Crippen LogP contribution < -0.4 is 10.6 Å². The Bertz CT molecular complexity index is 1080. The van der Waals surface area contributed by atoms with E-state index in [4.69, 9.17) is 4.74 Å². The molecular weight excluding hydrogens is 436 g/mol. The summed E-state index contributed by atoms with van der Waals surface area (Å²) in [4.78, 5) is 36.5. The molecule has 0 radical (unpaired) electrons. The fourth-order valence-corrected chi connectivity index (χ4v) is 4.54. The molecule has 4 N–H and O–H groups in total. The summed E-state index contributed by atoms with van der Waals surface area (Å²) < 4.78 is 5.57. The van der Waals surface area contributed by atoms with Crippen molar-refractivity contribution in [2.24, 2.45) is 5.92 Å². The summed E-state index contributed by atoms with van der Waals surface area (Å²) in [7, 11) is 0. The first-order valence-corrected chi connectivity index (χ1v) is 11.3. The molecule has 2 aliphatic carbocycles. The Morgan fingerprint density at radius 2 is 1.68 bits per heavy atom. The predicted octanol–water partition coefficient (Wildman–Crippen LogP) is 2.81. The van der Waals surface area contributed by atoms with Crippen LogP contribution in [0.25, 0.3) is 11.1 Å². The van der Waals surface area contributed by atoms with Crippen molar-refractivity contribution in [1.82, 2.24) is 10.6 Å². The number of carbonyl (C=O) groups is 3. The molecule has 0 fully saturated rings. The van der Waals surface area contributed by atoms with Gasteiger partial charge in [0.15, 0.2) is 5.54 Å². The zero-order valence-electron chi connectivity index (χ0n) is 18.9.